The highest BCUT2D eigenvalue weighted by molar-refractivity contribution is 5.95. The molecule has 0 saturated carbocycles. The van der Waals surface area contributed by atoms with Gasteiger partial charge in [-0.3, -0.25) is 4.79 Å². The number of carbonyl (C=O) groups excluding carboxylic acids is 1. The predicted octanol–water partition coefficient (Wildman–Crippen LogP) is 3.67. The standard InChI is InChI=1S/C22H20N4O2/c23-14-16-13-20(17-5-1-2-6-18(17)24-16)26-11-9-15(10-12-26)22(28)25-19-7-3-4-8-21(19)27/h1-8,13,15,27H,9-12H2,(H,25,28). The molecule has 4 rings (SSSR count). The summed E-state index contributed by atoms with van der Waals surface area (Å²) >= 11 is 0. The third-order valence-electron chi connectivity index (χ3n) is 5.18. The molecule has 3 aromatic rings. The maximum Gasteiger partial charge on any atom is 0.227 e. The number of nitrogens with zero attached hydrogens (tertiary/aromatic N) is 3. The number of pyridine rings is 1. The lowest BCUT2D eigenvalue weighted by Gasteiger charge is -2.33. The monoisotopic (exact) mass is 372 g/mol. The minimum atomic E-state index is -0.112. The molecule has 6 nitrogen and oxygen atoms in total. The first-order valence-corrected chi connectivity index (χ1v) is 9.29. The number of fused-ring (bicyclic) bond motifs is 1. The minimum Gasteiger partial charge on any atom is -0.506 e. The van der Waals surface area contributed by atoms with Gasteiger partial charge < -0.3 is 15.3 Å². The summed E-state index contributed by atoms with van der Waals surface area (Å²) < 4.78 is 0. The number of anilines is 2. The Bertz CT molecular complexity index is 1070. The van der Waals surface area contributed by atoms with Gasteiger partial charge in [-0.1, -0.05) is 30.3 Å². The molecule has 1 aliphatic rings. The van der Waals surface area contributed by atoms with Crippen LogP contribution in [0.1, 0.15) is 18.5 Å². The van der Waals surface area contributed by atoms with Crippen molar-refractivity contribution in [1.82, 2.24) is 4.98 Å². The number of piperidine rings is 1. The van der Waals surface area contributed by atoms with Gasteiger partial charge in [-0.2, -0.15) is 5.26 Å². The Balaban J connectivity index is 1.49. The van der Waals surface area contributed by atoms with Crippen LogP contribution in [-0.4, -0.2) is 29.1 Å². The number of hydrogen-bond donors (Lipinski definition) is 2. The van der Waals surface area contributed by atoms with Gasteiger partial charge in [0.05, 0.1) is 11.2 Å². The number of phenolic OH excluding ortho intramolecular Hbond substituents is 1. The van der Waals surface area contributed by atoms with Crippen LogP contribution in [0.2, 0.25) is 0 Å². The summed E-state index contributed by atoms with van der Waals surface area (Å²) in [5.74, 6) is -0.113. The highest BCUT2D eigenvalue weighted by Gasteiger charge is 2.26. The van der Waals surface area contributed by atoms with E-state index in [4.69, 9.17) is 0 Å². The summed E-state index contributed by atoms with van der Waals surface area (Å²) in [7, 11) is 0. The van der Waals surface area contributed by atoms with Gasteiger partial charge in [0.1, 0.15) is 17.5 Å². The van der Waals surface area contributed by atoms with E-state index in [1.54, 1.807) is 24.3 Å². The molecule has 0 unspecified atom stereocenters. The number of hydrogen-bond acceptors (Lipinski definition) is 5. The molecular formula is C22H20N4O2. The molecule has 140 valence electrons. The molecule has 2 N–H and O–H groups in total. The second-order valence-corrected chi connectivity index (χ2v) is 6.92. The Morgan fingerprint density at radius 1 is 1.14 bits per heavy atom. The molecule has 1 fully saturated rings. The van der Waals surface area contributed by atoms with E-state index in [0.29, 0.717) is 24.2 Å². The second-order valence-electron chi connectivity index (χ2n) is 6.92. The summed E-state index contributed by atoms with van der Waals surface area (Å²) in [5, 5.41) is 23.0. The average Bonchev–Trinajstić information content (AvgIpc) is 2.74. The number of nitrogens with one attached hydrogen (secondary N) is 1. The molecule has 0 aliphatic carbocycles. The van der Waals surface area contributed by atoms with E-state index in [-0.39, 0.29) is 17.6 Å². The first-order valence-electron chi connectivity index (χ1n) is 9.29. The van der Waals surface area contributed by atoms with Crippen LogP contribution in [0.3, 0.4) is 0 Å². The molecule has 2 aromatic carbocycles. The van der Waals surface area contributed by atoms with Crippen molar-refractivity contribution in [3.63, 3.8) is 0 Å². The van der Waals surface area contributed by atoms with Gasteiger partial charge in [0.2, 0.25) is 5.91 Å². The molecule has 0 radical (unpaired) electrons. The summed E-state index contributed by atoms with van der Waals surface area (Å²) in [6.07, 6.45) is 1.41. The third kappa shape index (κ3) is 3.47. The Morgan fingerprint density at radius 3 is 2.61 bits per heavy atom. The van der Waals surface area contributed by atoms with Crippen molar-refractivity contribution in [2.75, 3.05) is 23.3 Å². The highest BCUT2D eigenvalue weighted by Crippen LogP contribution is 2.31. The van der Waals surface area contributed by atoms with E-state index in [9.17, 15) is 15.2 Å². The van der Waals surface area contributed by atoms with E-state index in [2.05, 4.69) is 21.3 Å². The first kappa shape index (κ1) is 17.8. The van der Waals surface area contributed by atoms with Gasteiger partial charge in [0.25, 0.3) is 0 Å². The molecule has 1 saturated heterocycles. The molecule has 1 aromatic heterocycles. The summed E-state index contributed by atoms with van der Waals surface area (Å²) in [6, 6.07) is 18.5. The molecule has 28 heavy (non-hydrogen) atoms. The van der Waals surface area contributed by atoms with E-state index in [0.717, 1.165) is 29.7 Å². The van der Waals surface area contributed by atoms with Crippen molar-refractivity contribution in [2.24, 2.45) is 5.92 Å². The predicted molar refractivity (Wildman–Crippen MR) is 108 cm³/mol. The normalized spacial score (nSPS) is 14.6. The number of aromatic nitrogens is 1. The van der Waals surface area contributed by atoms with Crippen molar-refractivity contribution >= 4 is 28.2 Å². The van der Waals surface area contributed by atoms with Gasteiger partial charge >= 0.3 is 0 Å². The van der Waals surface area contributed by atoms with Crippen LogP contribution in [0.25, 0.3) is 10.9 Å². The topological polar surface area (TPSA) is 89.2 Å². The van der Waals surface area contributed by atoms with Crippen LogP contribution in [0, 0.1) is 17.2 Å². The Kier molecular flexibility index (Phi) is 4.81. The molecule has 0 atom stereocenters. The zero-order chi connectivity index (χ0) is 19.5. The molecule has 0 bridgehead atoms. The molecule has 1 amide bonds. The number of phenols is 1. The third-order valence-corrected chi connectivity index (χ3v) is 5.18. The Hall–Kier alpha value is -3.59. The minimum absolute atomic E-state index is 0.0700. The Labute approximate surface area is 163 Å². The lowest BCUT2D eigenvalue weighted by molar-refractivity contribution is -0.120. The fourth-order valence-corrected chi connectivity index (χ4v) is 3.67. The van der Waals surface area contributed by atoms with Gasteiger partial charge in [-0.25, -0.2) is 4.98 Å². The maximum absolute atomic E-state index is 12.6. The smallest absolute Gasteiger partial charge is 0.227 e. The second kappa shape index (κ2) is 7.57. The average molecular weight is 372 g/mol. The highest BCUT2D eigenvalue weighted by atomic mass is 16.3. The van der Waals surface area contributed by atoms with Gasteiger partial charge in [-0.15, -0.1) is 0 Å². The molecule has 0 spiro atoms. The fraction of sp³-hybridized carbons (Fsp3) is 0.227. The zero-order valence-electron chi connectivity index (χ0n) is 15.3. The molecule has 6 heteroatoms. The lowest BCUT2D eigenvalue weighted by atomic mass is 9.95. The largest absolute Gasteiger partial charge is 0.506 e. The van der Waals surface area contributed by atoms with Crippen LogP contribution in [0.4, 0.5) is 11.4 Å². The number of aromatic hydroxyl groups is 1. The van der Waals surface area contributed by atoms with Crippen molar-refractivity contribution in [3.05, 3.63) is 60.3 Å². The number of carbonyl (C=O) groups is 1. The van der Waals surface area contributed by atoms with Gasteiger partial charge in [0.15, 0.2) is 0 Å². The maximum atomic E-state index is 12.6. The molecule has 2 heterocycles. The summed E-state index contributed by atoms with van der Waals surface area (Å²) in [6.45, 7) is 1.44. The first-order chi connectivity index (χ1) is 13.7. The van der Waals surface area contributed by atoms with Crippen LogP contribution < -0.4 is 10.2 Å². The summed E-state index contributed by atoms with van der Waals surface area (Å²) in [5.41, 5.74) is 2.62. The van der Waals surface area contributed by atoms with Crippen LogP contribution >= 0.6 is 0 Å². The van der Waals surface area contributed by atoms with Crippen LogP contribution in [0.5, 0.6) is 5.75 Å². The SMILES string of the molecule is N#Cc1cc(N2CCC(C(=O)Nc3ccccc3O)CC2)c2ccccc2n1. The number of benzene rings is 2. The fourth-order valence-electron chi connectivity index (χ4n) is 3.67. The van der Waals surface area contributed by atoms with E-state index in [1.807, 2.05) is 30.3 Å². The number of rotatable bonds is 3. The number of amides is 1. The van der Waals surface area contributed by atoms with Crippen LogP contribution in [0.15, 0.2) is 54.6 Å². The zero-order valence-corrected chi connectivity index (χ0v) is 15.3. The lowest BCUT2D eigenvalue weighted by Crippen LogP contribution is -2.38. The Morgan fingerprint density at radius 2 is 1.86 bits per heavy atom. The van der Waals surface area contributed by atoms with Crippen molar-refractivity contribution in [3.8, 4) is 11.8 Å². The van der Waals surface area contributed by atoms with Crippen LogP contribution in [-0.2, 0) is 4.79 Å². The molecule has 1 aliphatic heterocycles. The van der Waals surface area contributed by atoms with E-state index in [1.165, 1.54) is 0 Å². The van der Waals surface area contributed by atoms with E-state index >= 15 is 0 Å². The van der Waals surface area contributed by atoms with Crippen molar-refractivity contribution < 1.29 is 9.90 Å². The number of para-hydroxylation sites is 3. The van der Waals surface area contributed by atoms with E-state index < -0.39 is 0 Å². The summed E-state index contributed by atoms with van der Waals surface area (Å²) in [4.78, 5) is 19.2. The van der Waals surface area contributed by atoms with Crippen molar-refractivity contribution in [2.45, 2.75) is 12.8 Å². The molecular weight excluding hydrogens is 352 g/mol. The quantitative estimate of drug-likeness (QED) is 0.685. The van der Waals surface area contributed by atoms with Crippen molar-refractivity contribution in [1.29, 1.82) is 5.26 Å². The van der Waals surface area contributed by atoms with Gasteiger partial charge in [0, 0.05) is 30.1 Å². The number of nitriles is 1. The van der Waals surface area contributed by atoms with Gasteiger partial charge in [-0.05, 0) is 37.1 Å².